The van der Waals surface area contributed by atoms with Crippen molar-refractivity contribution < 1.29 is 4.74 Å². The molecule has 16 heavy (non-hydrogen) atoms. The van der Waals surface area contributed by atoms with E-state index in [1.54, 1.807) is 24.6 Å². The highest BCUT2D eigenvalue weighted by Gasteiger charge is 2.11. The molecule has 0 bridgehead atoms. The maximum atomic E-state index is 5.65. The quantitative estimate of drug-likeness (QED) is 0.863. The first-order valence-electron chi connectivity index (χ1n) is 4.79. The lowest BCUT2D eigenvalue weighted by atomic mass is 10.3. The van der Waals surface area contributed by atoms with Crippen molar-refractivity contribution in [2.45, 2.75) is 13.2 Å². The zero-order valence-electron chi connectivity index (χ0n) is 8.88. The first kappa shape index (κ1) is 11.1. The van der Waals surface area contributed by atoms with Crippen molar-refractivity contribution in [3.8, 4) is 10.7 Å². The molecule has 2 N–H and O–H groups in total. The van der Waals surface area contributed by atoms with Crippen molar-refractivity contribution in [1.29, 1.82) is 0 Å². The van der Waals surface area contributed by atoms with Crippen molar-refractivity contribution in [2.75, 3.05) is 7.11 Å². The minimum atomic E-state index is 0.474. The first-order chi connectivity index (χ1) is 7.85. The van der Waals surface area contributed by atoms with Crippen molar-refractivity contribution in [1.82, 2.24) is 15.0 Å². The second kappa shape index (κ2) is 5.11. The molecule has 5 nitrogen and oxygen atoms in total. The predicted molar refractivity (Wildman–Crippen MR) is 61.7 cm³/mol. The highest BCUT2D eigenvalue weighted by Crippen LogP contribution is 2.26. The summed E-state index contributed by atoms with van der Waals surface area (Å²) in [6.45, 7) is 0.954. The van der Waals surface area contributed by atoms with Gasteiger partial charge in [-0.25, -0.2) is 15.0 Å². The van der Waals surface area contributed by atoms with E-state index in [0.717, 1.165) is 21.3 Å². The summed E-state index contributed by atoms with van der Waals surface area (Å²) in [5.41, 5.74) is 7.36. The zero-order valence-corrected chi connectivity index (χ0v) is 9.70. The zero-order chi connectivity index (χ0) is 11.4. The van der Waals surface area contributed by atoms with Crippen LogP contribution >= 0.6 is 11.3 Å². The summed E-state index contributed by atoms with van der Waals surface area (Å²) in [6, 6.07) is 1.83. The fourth-order valence-corrected chi connectivity index (χ4v) is 2.24. The van der Waals surface area contributed by atoms with Crippen LogP contribution in [0.1, 0.15) is 10.6 Å². The fraction of sp³-hybridized carbons (Fsp3) is 0.300. The summed E-state index contributed by atoms with van der Waals surface area (Å²) in [7, 11) is 1.64. The molecule has 2 aromatic rings. The van der Waals surface area contributed by atoms with Gasteiger partial charge in [-0.2, -0.15) is 0 Å². The summed E-state index contributed by atoms with van der Waals surface area (Å²) in [6.07, 6.45) is 3.21. The van der Waals surface area contributed by atoms with Crippen molar-refractivity contribution >= 4 is 11.3 Å². The van der Waals surface area contributed by atoms with Crippen molar-refractivity contribution in [2.24, 2.45) is 5.73 Å². The molecule has 0 fully saturated rings. The monoisotopic (exact) mass is 236 g/mol. The van der Waals surface area contributed by atoms with Crippen LogP contribution in [0.2, 0.25) is 0 Å². The molecular formula is C10H12N4OS. The lowest BCUT2D eigenvalue weighted by Gasteiger charge is -1.95. The number of methoxy groups -OCH3 is 1. The van der Waals surface area contributed by atoms with E-state index in [4.69, 9.17) is 10.5 Å². The van der Waals surface area contributed by atoms with Gasteiger partial charge in [0, 0.05) is 24.7 Å². The lowest BCUT2D eigenvalue weighted by Crippen LogP contribution is -1.99. The van der Waals surface area contributed by atoms with E-state index in [1.165, 1.54) is 6.33 Å². The second-order valence-electron chi connectivity index (χ2n) is 3.12. The molecule has 0 spiro atoms. The van der Waals surface area contributed by atoms with E-state index in [9.17, 15) is 0 Å². The topological polar surface area (TPSA) is 73.9 Å². The number of hydrogen-bond acceptors (Lipinski definition) is 6. The van der Waals surface area contributed by atoms with E-state index in [0.29, 0.717) is 13.2 Å². The highest BCUT2D eigenvalue weighted by atomic mass is 32.1. The van der Waals surface area contributed by atoms with Crippen LogP contribution in [-0.2, 0) is 17.9 Å². The summed E-state index contributed by atoms with van der Waals surface area (Å²) in [5.74, 6) is 0. The van der Waals surface area contributed by atoms with Crippen LogP contribution in [0.5, 0.6) is 0 Å². The van der Waals surface area contributed by atoms with E-state index >= 15 is 0 Å². The van der Waals surface area contributed by atoms with Gasteiger partial charge in [-0.1, -0.05) is 0 Å². The molecule has 0 aliphatic heterocycles. The third-order valence-electron chi connectivity index (χ3n) is 2.05. The average molecular weight is 236 g/mol. The molecule has 2 rings (SSSR count). The van der Waals surface area contributed by atoms with Gasteiger partial charge in [-0.3, -0.25) is 0 Å². The number of aromatic nitrogens is 3. The maximum absolute atomic E-state index is 5.65. The summed E-state index contributed by atoms with van der Waals surface area (Å²) >= 11 is 1.55. The summed E-state index contributed by atoms with van der Waals surface area (Å²) in [4.78, 5) is 13.5. The van der Waals surface area contributed by atoms with Gasteiger partial charge in [-0.05, 0) is 6.07 Å². The number of nitrogens with two attached hydrogens (primary N) is 1. The minimum absolute atomic E-state index is 0.474. The van der Waals surface area contributed by atoms with Crippen LogP contribution < -0.4 is 5.73 Å². The summed E-state index contributed by atoms with van der Waals surface area (Å²) in [5, 5.41) is 0.856. The van der Waals surface area contributed by atoms with Gasteiger partial charge in [0.05, 0.1) is 12.3 Å². The molecule has 0 aliphatic rings. The first-order valence-corrected chi connectivity index (χ1v) is 5.60. The van der Waals surface area contributed by atoms with Gasteiger partial charge in [0.15, 0.2) is 0 Å². The fourth-order valence-electron chi connectivity index (χ4n) is 1.32. The molecule has 0 saturated heterocycles. The molecule has 2 heterocycles. The van der Waals surface area contributed by atoms with E-state index < -0.39 is 0 Å². The Labute approximate surface area is 97.3 Å². The molecule has 0 unspecified atom stereocenters. The smallest absolute Gasteiger partial charge is 0.142 e. The van der Waals surface area contributed by atoms with E-state index in [2.05, 4.69) is 15.0 Å². The van der Waals surface area contributed by atoms with Crippen LogP contribution in [0.4, 0.5) is 0 Å². The van der Waals surface area contributed by atoms with Gasteiger partial charge in [-0.15, -0.1) is 11.3 Å². The van der Waals surface area contributed by atoms with E-state index in [-0.39, 0.29) is 0 Å². The predicted octanol–water partition coefficient (Wildman–Crippen LogP) is 1.21. The number of ether oxygens (including phenoxy) is 1. The molecule has 0 radical (unpaired) electrons. The Bertz CT molecular complexity index is 457. The Morgan fingerprint density at radius 3 is 3.00 bits per heavy atom. The Morgan fingerprint density at radius 2 is 2.38 bits per heavy atom. The molecule has 0 saturated carbocycles. The molecule has 0 amide bonds. The highest BCUT2D eigenvalue weighted by molar-refractivity contribution is 7.15. The number of thiazole rings is 1. The van der Waals surface area contributed by atoms with Crippen LogP contribution in [-0.4, -0.2) is 22.1 Å². The van der Waals surface area contributed by atoms with Crippen LogP contribution in [0.25, 0.3) is 10.7 Å². The number of rotatable bonds is 4. The molecule has 84 valence electrons. The van der Waals surface area contributed by atoms with Crippen molar-refractivity contribution in [3.63, 3.8) is 0 Å². The molecule has 0 aromatic carbocycles. The minimum Gasteiger partial charge on any atom is -0.378 e. The van der Waals surface area contributed by atoms with Crippen LogP contribution in [0.15, 0.2) is 18.6 Å². The largest absolute Gasteiger partial charge is 0.378 e. The second-order valence-corrected chi connectivity index (χ2v) is 4.20. The van der Waals surface area contributed by atoms with Gasteiger partial charge in [0.25, 0.3) is 0 Å². The SMILES string of the molecule is COCc1nc(-c2ccncn2)sc1CN. The van der Waals surface area contributed by atoms with Gasteiger partial charge in [0.2, 0.25) is 0 Å². The van der Waals surface area contributed by atoms with Gasteiger partial charge < -0.3 is 10.5 Å². The third-order valence-corrected chi connectivity index (χ3v) is 3.19. The normalized spacial score (nSPS) is 10.6. The van der Waals surface area contributed by atoms with E-state index in [1.807, 2.05) is 6.07 Å². The lowest BCUT2D eigenvalue weighted by molar-refractivity contribution is 0.181. The molecular weight excluding hydrogens is 224 g/mol. The number of nitrogens with zero attached hydrogens (tertiary/aromatic N) is 3. The average Bonchev–Trinajstić information content (AvgIpc) is 2.74. The van der Waals surface area contributed by atoms with Crippen molar-refractivity contribution in [3.05, 3.63) is 29.2 Å². The number of hydrogen-bond donors (Lipinski definition) is 1. The van der Waals surface area contributed by atoms with Crippen LogP contribution in [0, 0.1) is 0 Å². The molecule has 6 heteroatoms. The third kappa shape index (κ3) is 2.24. The molecule has 0 aliphatic carbocycles. The standard InChI is InChI=1S/C10H12N4OS/c1-15-5-8-9(4-11)16-10(14-8)7-2-3-12-6-13-7/h2-3,6H,4-5,11H2,1H3. The van der Waals surface area contributed by atoms with Gasteiger partial charge in [0.1, 0.15) is 17.0 Å². The molecule has 0 atom stereocenters. The Morgan fingerprint density at radius 1 is 1.50 bits per heavy atom. The van der Waals surface area contributed by atoms with Gasteiger partial charge >= 0.3 is 0 Å². The Hall–Kier alpha value is -1.37. The summed E-state index contributed by atoms with van der Waals surface area (Å²) < 4.78 is 5.08. The maximum Gasteiger partial charge on any atom is 0.142 e. The molecule has 2 aromatic heterocycles. The Kier molecular flexibility index (Phi) is 3.55. The Balaban J connectivity index is 2.36. The van der Waals surface area contributed by atoms with Crippen LogP contribution in [0.3, 0.4) is 0 Å².